The molecular weight excluding hydrogens is 332 g/mol. The predicted molar refractivity (Wildman–Crippen MR) is 93.7 cm³/mol. The van der Waals surface area contributed by atoms with Crippen LogP contribution in [0.3, 0.4) is 0 Å². The van der Waals surface area contributed by atoms with E-state index in [2.05, 4.69) is 17.3 Å². The molecule has 0 N–H and O–H groups in total. The van der Waals surface area contributed by atoms with Crippen molar-refractivity contribution >= 4 is 18.0 Å². The molecule has 1 heterocycles. The van der Waals surface area contributed by atoms with Crippen molar-refractivity contribution in [2.45, 2.75) is 6.42 Å². The van der Waals surface area contributed by atoms with Crippen molar-refractivity contribution in [3.8, 4) is 11.5 Å². The molecule has 0 unspecified atom stereocenters. The molecule has 3 fully saturated rings. The zero-order valence-electron chi connectivity index (χ0n) is 14.7. The Hall–Kier alpha value is -2.63. The van der Waals surface area contributed by atoms with E-state index in [4.69, 9.17) is 9.47 Å². The predicted octanol–water partition coefficient (Wildman–Crippen LogP) is 2.09. The minimum absolute atomic E-state index is 0.151. The number of allylic oxidation sites excluding steroid dienone is 2. The molecule has 26 heavy (non-hydrogen) atoms. The first-order valence-electron chi connectivity index (χ1n) is 8.96. The summed E-state index contributed by atoms with van der Waals surface area (Å²) >= 11 is 0. The second-order valence-electron chi connectivity index (χ2n) is 7.50. The number of methoxy groups -OCH3 is 2. The lowest BCUT2D eigenvalue weighted by atomic mass is 9.63. The summed E-state index contributed by atoms with van der Waals surface area (Å²) in [7, 11) is 3.13. The van der Waals surface area contributed by atoms with Crippen molar-refractivity contribution in [2.75, 3.05) is 14.2 Å². The summed E-state index contributed by atoms with van der Waals surface area (Å²) in [5.74, 6) is 2.07. The molecule has 1 saturated heterocycles. The molecule has 1 aliphatic heterocycles. The summed E-state index contributed by atoms with van der Waals surface area (Å²) in [5.41, 5.74) is 0.738. The average Bonchev–Trinajstić information content (AvgIpc) is 3.45. The molecular formula is C20H20N2O4. The van der Waals surface area contributed by atoms with Gasteiger partial charge < -0.3 is 9.47 Å². The topological polar surface area (TPSA) is 68.2 Å². The van der Waals surface area contributed by atoms with Gasteiger partial charge >= 0.3 is 0 Å². The van der Waals surface area contributed by atoms with Gasteiger partial charge in [0.15, 0.2) is 11.5 Å². The van der Waals surface area contributed by atoms with E-state index < -0.39 is 0 Å². The van der Waals surface area contributed by atoms with Gasteiger partial charge in [-0.1, -0.05) is 12.2 Å². The first kappa shape index (κ1) is 15.6. The van der Waals surface area contributed by atoms with Crippen LogP contribution in [0.1, 0.15) is 12.0 Å². The summed E-state index contributed by atoms with van der Waals surface area (Å²) in [4.78, 5) is 25.7. The Balaban J connectivity index is 1.41. The number of hydrazone groups is 1. The first-order valence-corrected chi connectivity index (χ1v) is 8.96. The van der Waals surface area contributed by atoms with Gasteiger partial charge in [-0.3, -0.25) is 9.59 Å². The van der Waals surface area contributed by atoms with Gasteiger partial charge in [0, 0.05) is 0 Å². The van der Waals surface area contributed by atoms with Crippen LogP contribution in [0, 0.1) is 35.5 Å². The van der Waals surface area contributed by atoms with Crippen molar-refractivity contribution in [1.29, 1.82) is 0 Å². The lowest BCUT2D eigenvalue weighted by Gasteiger charge is -2.37. The van der Waals surface area contributed by atoms with E-state index in [9.17, 15) is 9.59 Å². The van der Waals surface area contributed by atoms with E-state index in [1.807, 2.05) is 6.07 Å². The zero-order valence-corrected chi connectivity index (χ0v) is 14.7. The van der Waals surface area contributed by atoms with Gasteiger partial charge in [0.05, 0.1) is 32.3 Å². The number of carbonyl (C=O) groups is 2. The van der Waals surface area contributed by atoms with Gasteiger partial charge in [-0.15, -0.1) is 0 Å². The summed E-state index contributed by atoms with van der Waals surface area (Å²) in [6.07, 6.45) is 7.01. The summed E-state index contributed by atoms with van der Waals surface area (Å²) in [6, 6.07) is 5.34. The maximum atomic E-state index is 12.9. The largest absolute Gasteiger partial charge is 0.493 e. The molecule has 0 spiro atoms. The third-order valence-electron chi connectivity index (χ3n) is 6.37. The number of hydrogen-bond donors (Lipinski definition) is 0. The summed E-state index contributed by atoms with van der Waals surface area (Å²) in [6.45, 7) is 0. The van der Waals surface area contributed by atoms with Crippen LogP contribution in [-0.2, 0) is 9.59 Å². The Bertz CT molecular complexity index is 825. The molecule has 6 heteroatoms. The fraction of sp³-hybridized carbons (Fsp3) is 0.450. The summed E-state index contributed by atoms with van der Waals surface area (Å²) < 4.78 is 10.5. The van der Waals surface area contributed by atoms with Gasteiger partial charge in [-0.05, 0) is 53.9 Å². The van der Waals surface area contributed by atoms with Crippen molar-refractivity contribution in [2.24, 2.45) is 40.6 Å². The van der Waals surface area contributed by atoms with Gasteiger partial charge in [-0.2, -0.15) is 10.1 Å². The smallest absolute Gasteiger partial charge is 0.254 e. The molecule has 4 aliphatic carbocycles. The SMILES string of the molecule is COc1ccc(/C=N\N2C(=O)[C@@H]3[C@H]4C=C[C@H]([C@@H]5C[C@H]45)[C@@H]3C2=O)cc1OC. The molecule has 1 aromatic carbocycles. The fourth-order valence-corrected chi connectivity index (χ4v) is 5.11. The monoisotopic (exact) mass is 352 g/mol. The van der Waals surface area contributed by atoms with Gasteiger partial charge in [0.2, 0.25) is 0 Å². The Kier molecular flexibility index (Phi) is 3.26. The van der Waals surface area contributed by atoms with Crippen molar-refractivity contribution in [3.63, 3.8) is 0 Å². The highest BCUT2D eigenvalue weighted by atomic mass is 16.5. The van der Waals surface area contributed by atoms with Crippen molar-refractivity contribution in [3.05, 3.63) is 35.9 Å². The number of benzene rings is 1. The Morgan fingerprint density at radius 1 is 1.00 bits per heavy atom. The number of amides is 2. The van der Waals surface area contributed by atoms with E-state index >= 15 is 0 Å². The molecule has 2 amide bonds. The van der Waals surface area contributed by atoms with Crippen molar-refractivity contribution < 1.29 is 19.1 Å². The molecule has 0 radical (unpaired) electrons. The maximum Gasteiger partial charge on any atom is 0.254 e. The first-order chi connectivity index (χ1) is 12.6. The number of imide groups is 1. The third-order valence-corrected chi connectivity index (χ3v) is 6.37. The van der Waals surface area contributed by atoms with Crippen molar-refractivity contribution in [1.82, 2.24) is 5.01 Å². The number of rotatable bonds is 4. The van der Waals surface area contributed by atoms with E-state index in [0.717, 1.165) is 17.0 Å². The van der Waals surface area contributed by atoms with Gasteiger partial charge in [0.1, 0.15) is 0 Å². The quantitative estimate of drug-likeness (QED) is 0.473. The van der Waals surface area contributed by atoms with Crippen LogP contribution in [0.15, 0.2) is 35.5 Å². The van der Waals surface area contributed by atoms with E-state index in [0.29, 0.717) is 23.3 Å². The normalized spacial score (nSPS) is 36.5. The minimum Gasteiger partial charge on any atom is -0.493 e. The Morgan fingerprint density at radius 2 is 1.62 bits per heavy atom. The molecule has 2 bridgehead atoms. The molecule has 6 rings (SSSR count). The second kappa shape index (κ2) is 5.43. The minimum atomic E-state index is -0.219. The molecule has 2 saturated carbocycles. The molecule has 1 aromatic rings. The van der Waals surface area contributed by atoms with Crippen LogP contribution >= 0.6 is 0 Å². The third kappa shape index (κ3) is 2.01. The molecule has 6 atom stereocenters. The zero-order chi connectivity index (χ0) is 18.0. The lowest BCUT2D eigenvalue weighted by Crippen LogP contribution is -2.40. The maximum absolute atomic E-state index is 12.9. The van der Waals surface area contributed by atoms with Gasteiger partial charge in [0.25, 0.3) is 11.8 Å². The van der Waals surface area contributed by atoms with Gasteiger partial charge in [-0.25, -0.2) is 0 Å². The Labute approximate surface area is 151 Å². The van der Waals surface area contributed by atoms with Crippen LogP contribution in [0.4, 0.5) is 0 Å². The van der Waals surface area contributed by atoms with E-state index in [1.54, 1.807) is 26.4 Å². The highest BCUT2D eigenvalue weighted by molar-refractivity contribution is 6.06. The number of ether oxygens (including phenoxy) is 2. The van der Waals surface area contributed by atoms with Crippen LogP contribution in [-0.4, -0.2) is 37.3 Å². The molecule has 134 valence electrons. The van der Waals surface area contributed by atoms with Crippen LogP contribution < -0.4 is 9.47 Å². The van der Waals surface area contributed by atoms with Crippen LogP contribution in [0.25, 0.3) is 0 Å². The number of carbonyl (C=O) groups excluding carboxylic acids is 2. The molecule has 6 nitrogen and oxygen atoms in total. The average molecular weight is 352 g/mol. The van der Waals surface area contributed by atoms with Crippen LogP contribution in [0.2, 0.25) is 0 Å². The molecule has 0 aromatic heterocycles. The summed E-state index contributed by atoms with van der Waals surface area (Å²) in [5, 5.41) is 5.32. The fourth-order valence-electron chi connectivity index (χ4n) is 5.11. The second-order valence-corrected chi connectivity index (χ2v) is 7.50. The highest BCUT2D eigenvalue weighted by Crippen LogP contribution is 2.65. The molecule has 5 aliphatic rings. The number of nitrogens with zero attached hydrogens (tertiary/aromatic N) is 2. The Morgan fingerprint density at radius 3 is 2.19 bits per heavy atom. The van der Waals surface area contributed by atoms with Crippen LogP contribution in [0.5, 0.6) is 11.5 Å². The standard InChI is InChI=1S/C20H20N2O4/c1-25-15-6-3-10(7-16(15)26-2)9-21-22-19(23)17-11-4-5-12(14-8-13(11)14)18(17)20(22)24/h3-7,9,11-14,17-18H,8H2,1-2H3/b21-9-/t11-,12+,13+,14-,17+,18-. The van der Waals surface area contributed by atoms with E-state index in [-0.39, 0.29) is 35.5 Å². The lowest BCUT2D eigenvalue weighted by molar-refractivity contribution is -0.140. The van der Waals surface area contributed by atoms with E-state index in [1.165, 1.54) is 6.21 Å². The number of hydrogen-bond acceptors (Lipinski definition) is 5. The highest BCUT2D eigenvalue weighted by Gasteiger charge is 2.67.